The smallest absolute Gasteiger partial charge is 0.193 e. The first-order valence-corrected chi connectivity index (χ1v) is 16.0. The van der Waals surface area contributed by atoms with E-state index in [1.807, 2.05) is 18.2 Å². The number of carbonyl (C=O) groups excluding carboxylic acids is 1. The van der Waals surface area contributed by atoms with Crippen molar-refractivity contribution < 1.29 is 28.5 Å². The molecule has 43 heavy (non-hydrogen) atoms. The van der Waals surface area contributed by atoms with Gasteiger partial charge in [-0.25, -0.2) is 0 Å². The maximum atomic E-state index is 14.3. The van der Waals surface area contributed by atoms with Gasteiger partial charge in [-0.1, -0.05) is 82.2 Å². The standard InChI is InChI=1S/C37H56O6/c1-12-29-13-16-32(39-19-24(2)3)30(17-29)14-15-31(38)35-36(42-22-27(8)9)33(40-20-25(4)5)18-34(41-21-26(6)7)37(35)43-23-28(10)11/h13-18,24-28H,12,19-23H2,1-11H3. The highest BCUT2D eigenvalue weighted by atomic mass is 16.5. The first-order chi connectivity index (χ1) is 20.3. The van der Waals surface area contributed by atoms with Crippen molar-refractivity contribution in [3.05, 3.63) is 47.0 Å². The van der Waals surface area contributed by atoms with Gasteiger partial charge in [0.05, 0.1) is 33.0 Å². The minimum Gasteiger partial charge on any atom is -0.493 e. The van der Waals surface area contributed by atoms with E-state index in [9.17, 15) is 4.79 Å². The summed E-state index contributed by atoms with van der Waals surface area (Å²) in [6.45, 7) is 25.4. The minimum absolute atomic E-state index is 0.241. The van der Waals surface area contributed by atoms with Gasteiger partial charge < -0.3 is 23.7 Å². The number of hydrogen-bond acceptors (Lipinski definition) is 6. The van der Waals surface area contributed by atoms with Crippen LogP contribution in [0.2, 0.25) is 0 Å². The van der Waals surface area contributed by atoms with E-state index < -0.39 is 0 Å². The van der Waals surface area contributed by atoms with Crippen LogP contribution in [-0.4, -0.2) is 38.8 Å². The van der Waals surface area contributed by atoms with Crippen LogP contribution in [0.1, 0.15) is 97.6 Å². The van der Waals surface area contributed by atoms with Crippen LogP contribution >= 0.6 is 0 Å². The molecule has 6 nitrogen and oxygen atoms in total. The van der Waals surface area contributed by atoms with Crippen LogP contribution in [-0.2, 0) is 6.42 Å². The summed E-state index contributed by atoms with van der Waals surface area (Å²) in [7, 11) is 0. The van der Waals surface area contributed by atoms with Crippen LogP contribution in [0.5, 0.6) is 28.7 Å². The van der Waals surface area contributed by atoms with Crippen molar-refractivity contribution in [3.63, 3.8) is 0 Å². The van der Waals surface area contributed by atoms with Gasteiger partial charge in [0, 0.05) is 11.6 Å². The highest BCUT2D eigenvalue weighted by molar-refractivity contribution is 6.11. The lowest BCUT2D eigenvalue weighted by Gasteiger charge is -2.23. The molecule has 0 fully saturated rings. The first kappa shape index (κ1) is 36.0. The number of ketones is 1. The summed E-state index contributed by atoms with van der Waals surface area (Å²) >= 11 is 0. The third kappa shape index (κ3) is 12.2. The average molecular weight is 597 g/mol. The molecule has 0 N–H and O–H groups in total. The third-order valence-corrected chi connectivity index (χ3v) is 6.15. The third-order valence-electron chi connectivity index (χ3n) is 6.15. The molecular weight excluding hydrogens is 540 g/mol. The summed E-state index contributed by atoms with van der Waals surface area (Å²) in [6, 6.07) is 7.95. The van der Waals surface area contributed by atoms with Gasteiger partial charge in [0.25, 0.3) is 0 Å². The van der Waals surface area contributed by atoms with E-state index in [1.54, 1.807) is 6.08 Å². The summed E-state index contributed by atoms with van der Waals surface area (Å²) in [4.78, 5) is 14.3. The number of benzene rings is 2. The molecule has 0 aliphatic carbocycles. The predicted octanol–water partition coefficient (Wildman–Crippen LogP) is 9.32. The molecule has 0 saturated heterocycles. The van der Waals surface area contributed by atoms with Gasteiger partial charge >= 0.3 is 0 Å². The lowest BCUT2D eigenvalue weighted by molar-refractivity contribution is 0.103. The second-order valence-electron chi connectivity index (χ2n) is 13.4. The van der Waals surface area contributed by atoms with Crippen LogP contribution in [0, 0.1) is 29.6 Å². The molecule has 0 unspecified atom stereocenters. The van der Waals surface area contributed by atoms with Crippen molar-refractivity contribution in [2.75, 3.05) is 33.0 Å². The normalized spacial score (nSPS) is 11.8. The van der Waals surface area contributed by atoms with Crippen LogP contribution in [0.25, 0.3) is 6.08 Å². The zero-order valence-electron chi connectivity index (χ0n) is 28.5. The average Bonchev–Trinajstić information content (AvgIpc) is 2.94. The van der Waals surface area contributed by atoms with Gasteiger partial charge in [0.2, 0.25) is 0 Å². The van der Waals surface area contributed by atoms with Crippen LogP contribution < -0.4 is 23.7 Å². The van der Waals surface area contributed by atoms with Crippen LogP contribution in [0.3, 0.4) is 0 Å². The van der Waals surface area contributed by atoms with Crippen molar-refractivity contribution in [3.8, 4) is 28.7 Å². The lowest BCUT2D eigenvalue weighted by Crippen LogP contribution is -2.16. The second kappa shape index (κ2) is 17.8. The highest BCUT2D eigenvalue weighted by Gasteiger charge is 2.28. The van der Waals surface area contributed by atoms with Crippen LogP contribution in [0.4, 0.5) is 0 Å². The van der Waals surface area contributed by atoms with Crippen molar-refractivity contribution >= 4 is 11.9 Å². The van der Waals surface area contributed by atoms with Gasteiger partial charge in [-0.05, 0) is 65.9 Å². The Morgan fingerprint density at radius 2 is 1.02 bits per heavy atom. The molecule has 6 heteroatoms. The molecule has 0 amide bonds. The molecule has 0 spiro atoms. The number of hydrogen-bond donors (Lipinski definition) is 0. The molecule has 0 radical (unpaired) electrons. The molecule has 2 aromatic carbocycles. The van der Waals surface area contributed by atoms with Crippen molar-refractivity contribution in [1.82, 2.24) is 0 Å². The molecule has 0 aliphatic heterocycles. The molecule has 0 aliphatic rings. The molecule has 0 atom stereocenters. The van der Waals surface area contributed by atoms with Gasteiger partial charge in [0.1, 0.15) is 11.3 Å². The van der Waals surface area contributed by atoms with E-state index >= 15 is 0 Å². The summed E-state index contributed by atoms with van der Waals surface area (Å²) in [5.74, 6) is 3.66. The fraction of sp³-hybridized carbons (Fsp3) is 0.595. The Hall–Kier alpha value is -3.15. The Bertz CT molecular complexity index is 1130. The molecule has 2 aromatic rings. The van der Waals surface area contributed by atoms with E-state index in [0.29, 0.717) is 67.5 Å². The zero-order chi connectivity index (χ0) is 32.1. The molecule has 0 saturated carbocycles. The SMILES string of the molecule is CCc1ccc(OCC(C)C)c(C=CC(=O)c2c(OCC(C)C)c(OCC(C)C)cc(OCC(C)C)c2OCC(C)C)c1. The Labute approximate surface area is 261 Å². The summed E-state index contributed by atoms with van der Waals surface area (Å²) < 4.78 is 31.3. The minimum atomic E-state index is -0.251. The highest BCUT2D eigenvalue weighted by Crippen LogP contribution is 2.46. The predicted molar refractivity (Wildman–Crippen MR) is 177 cm³/mol. The van der Waals surface area contributed by atoms with Crippen LogP contribution in [0.15, 0.2) is 30.3 Å². The quantitative estimate of drug-likeness (QED) is 0.119. The number of allylic oxidation sites excluding steroid dienone is 1. The Balaban J connectivity index is 2.76. The fourth-order valence-electron chi connectivity index (χ4n) is 3.92. The number of rotatable bonds is 19. The zero-order valence-corrected chi connectivity index (χ0v) is 28.5. The van der Waals surface area contributed by atoms with Gasteiger partial charge in [-0.2, -0.15) is 0 Å². The summed E-state index contributed by atoms with van der Waals surface area (Å²) in [5.41, 5.74) is 2.33. The number of carbonyl (C=O) groups is 1. The van der Waals surface area contributed by atoms with Gasteiger partial charge in [-0.15, -0.1) is 0 Å². The first-order valence-electron chi connectivity index (χ1n) is 16.0. The number of ether oxygens (including phenoxy) is 5. The lowest BCUT2D eigenvalue weighted by atomic mass is 10.0. The molecule has 0 heterocycles. The van der Waals surface area contributed by atoms with E-state index in [4.69, 9.17) is 23.7 Å². The van der Waals surface area contributed by atoms with E-state index in [0.717, 1.165) is 17.7 Å². The monoisotopic (exact) mass is 596 g/mol. The molecule has 0 bridgehead atoms. The second-order valence-corrected chi connectivity index (χ2v) is 13.4. The van der Waals surface area contributed by atoms with Gasteiger partial charge in [0.15, 0.2) is 28.8 Å². The topological polar surface area (TPSA) is 63.2 Å². The Morgan fingerprint density at radius 1 is 0.605 bits per heavy atom. The molecule has 2 rings (SSSR count). The maximum absolute atomic E-state index is 14.3. The molecular formula is C37H56O6. The van der Waals surface area contributed by atoms with Crippen molar-refractivity contribution in [2.24, 2.45) is 29.6 Å². The largest absolute Gasteiger partial charge is 0.493 e. The van der Waals surface area contributed by atoms with E-state index in [1.165, 1.54) is 5.56 Å². The number of aryl methyl sites for hydroxylation is 1. The van der Waals surface area contributed by atoms with Gasteiger partial charge in [-0.3, -0.25) is 4.79 Å². The fourth-order valence-corrected chi connectivity index (χ4v) is 3.92. The van der Waals surface area contributed by atoms with Crippen molar-refractivity contribution in [2.45, 2.75) is 82.6 Å². The molecule has 0 aromatic heterocycles. The molecule has 240 valence electrons. The van der Waals surface area contributed by atoms with E-state index in [2.05, 4.69) is 88.3 Å². The maximum Gasteiger partial charge on any atom is 0.193 e. The summed E-state index contributed by atoms with van der Waals surface area (Å²) in [5, 5.41) is 0. The van der Waals surface area contributed by atoms with Crippen molar-refractivity contribution in [1.29, 1.82) is 0 Å². The summed E-state index contributed by atoms with van der Waals surface area (Å²) in [6.07, 6.45) is 4.28. The Kier molecular flexibility index (Phi) is 15.0. The Morgan fingerprint density at radius 3 is 1.44 bits per heavy atom. The van der Waals surface area contributed by atoms with E-state index in [-0.39, 0.29) is 29.5 Å².